The Morgan fingerprint density at radius 3 is 2.37 bits per heavy atom. The Kier molecular flexibility index (Phi) is 7.68. The molecule has 0 aliphatic carbocycles. The molecule has 0 aromatic heterocycles. The van der Waals surface area contributed by atoms with Gasteiger partial charge in [-0.25, -0.2) is 0 Å². The summed E-state index contributed by atoms with van der Waals surface area (Å²) in [4.78, 5) is 12.0. The Morgan fingerprint density at radius 2 is 1.74 bits per heavy atom. The molecule has 1 amide bonds. The molecule has 27 heavy (non-hydrogen) atoms. The van der Waals surface area contributed by atoms with Crippen molar-refractivity contribution in [3.05, 3.63) is 58.1 Å². The van der Waals surface area contributed by atoms with Crippen LogP contribution in [0.2, 0.25) is 0 Å². The largest absolute Gasteiger partial charge is 0.493 e. The first-order chi connectivity index (χ1) is 12.8. The quantitative estimate of drug-likeness (QED) is 0.657. The number of carbonyl (C=O) groups excluding carboxylic acids is 1. The van der Waals surface area contributed by atoms with Crippen molar-refractivity contribution in [2.45, 2.75) is 39.4 Å². The van der Waals surface area contributed by atoms with Crippen molar-refractivity contribution in [3.63, 3.8) is 0 Å². The highest BCUT2D eigenvalue weighted by molar-refractivity contribution is 9.10. The number of nitrogens with one attached hydrogen (secondary N) is 2. The fourth-order valence-electron chi connectivity index (χ4n) is 2.55. The van der Waals surface area contributed by atoms with E-state index < -0.39 is 0 Å². The van der Waals surface area contributed by atoms with Crippen LogP contribution in [0.1, 0.15) is 31.9 Å². The molecule has 146 valence electrons. The second-order valence-electron chi connectivity index (χ2n) is 7.29. The van der Waals surface area contributed by atoms with Crippen molar-refractivity contribution in [3.8, 4) is 11.5 Å². The molecule has 0 radical (unpaired) electrons. The van der Waals surface area contributed by atoms with Gasteiger partial charge in [-0.3, -0.25) is 4.79 Å². The number of methoxy groups -OCH3 is 1. The average molecular weight is 435 g/mol. The van der Waals surface area contributed by atoms with Crippen molar-refractivity contribution in [2.24, 2.45) is 0 Å². The van der Waals surface area contributed by atoms with Gasteiger partial charge in [0.15, 0.2) is 18.1 Å². The van der Waals surface area contributed by atoms with Crippen molar-refractivity contribution in [1.29, 1.82) is 0 Å². The second-order valence-corrected chi connectivity index (χ2v) is 8.14. The zero-order valence-electron chi connectivity index (χ0n) is 16.3. The molecule has 0 atom stereocenters. The highest BCUT2D eigenvalue weighted by Gasteiger charge is 2.17. The molecule has 0 unspecified atom stereocenters. The molecule has 0 aliphatic rings. The van der Waals surface area contributed by atoms with E-state index in [1.807, 2.05) is 51.1 Å². The lowest BCUT2D eigenvalue weighted by Crippen LogP contribution is -2.43. The minimum Gasteiger partial charge on any atom is -0.493 e. The standard InChI is InChI=1S/C21H27BrN2O3/c1-21(2,3)24-19(25)14-27-20-17(22)10-16(11-18(20)26-4)13-23-12-15-8-6-5-7-9-15/h5-11,23H,12-14H2,1-4H3,(H,24,25). The lowest BCUT2D eigenvalue weighted by atomic mass is 10.1. The van der Waals surface area contributed by atoms with E-state index in [0.717, 1.165) is 16.6 Å². The minimum absolute atomic E-state index is 0.0716. The van der Waals surface area contributed by atoms with Gasteiger partial charge in [0.1, 0.15) is 0 Å². The summed E-state index contributed by atoms with van der Waals surface area (Å²) in [5.41, 5.74) is 1.99. The van der Waals surface area contributed by atoms with E-state index in [4.69, 9.17) is 9.47 Å². The highest BCUT2D eigenvalue weighted by Crippen LogP contribution is 2.36. The molecule has 2 aromatic carbocycles. The summed E-state index contributed by atoms with van der Waals surface area (Å²) in [6.07, 6.45) is 0. The molecule has 0 aliphatic heterocycles. The van der Waals surface area contributed by atoms with Crippen LogP contribution in [0, 0.1) is 0 Å². The van der Waals surface area contributed by atoms with Crippen LogP contribution < -0.4 is 20.1 Å². The summed E-state index contributed by atoms with van der Waals surface area (Å²) in [6.45, 7) is 7.19. The van der Waals surface area contributed by atoms with E-state index in [1.165, 1.54) is 5.56 Å². The van der Waals surface area contributed by atoms with Crippen LogP contribution >= 0.6 is 15.9 Å². The van der Waals surface area contributed by atoms with Crippen LogP contribution in [0.25, 0.3) is 0 Å². The summed E-state index contributed by atoms with van der Waals surface area (Å²) in [7, 11) is 1.59. The molecule has 0 saturated carbocycles. The van der Waals surface area contributed by atoms with Gasteiger partial charge in [-0.1, -0.05) is 30.3 Å². The van der Waals surface area contributed by atoms with E-state index in [2.05, 4.69) is 38.7 Å². The van der Waals surface area contributed by atoms with Crippen LogP contribution in [0.5, 0.6) is 11.5 Å². The van der Waals surface area contributed by atoms with Crippen molar-refractivity contribution >= 4 is 21.8 Å². The van der Waals surface area contributed by atoms with Crippen LogP contribution in [0.4, 0.5) is 0 Å². The fourth-order valence-corrected chi connectivity index (χ4v) is 3.16. The van der Waals surface area contributed by atoms with Crippen LogP contribution in [-0.4, -0.2) is 25.2 Å². The Bertz CT molecular complexity index is 758. The van der Waals surface area contributed by atoms with E-state index in [0.29, 0.717) is 18.0 Å². The molecule has 6 heteroatoms. The van der Waals surface area contributed by atoms with E-state index in [9.17, 15) is 4.79 Å². The molecule has 0 bridgehead atoms. The number of carbonyl (C=O) groups is 1. The number of ether oxygens (including phenoxy) is 2. The first-order valence-electron chi connectivity index (χ1n) is 8.83. The number of hydrogen-bond acceptors (Lipinski definition) is 4. The zero-order chi connectivity index (χ0) is 19.9. The summed E-state index contributed by atoms with van der Waals surface area (Å²) in [5.74, 6) is 0.933. The number of hydrogen-bond donors (Lipinski definition) is 2. The SMILES string of the molecule is COc1cc(CNCc2ccccc2)cc(Br)c1OCC(=O)NC(C)(C)C. The van der Waals surface area contributed by atoms with Crippen LogP contribution in [-0.2, 0) is 17.9 Å². The van der Waals surface area contributed by atoms with Gasteiger partial charge in [0, 0.05) is 18.6 Å². The Labute approximate surface area is 169 Å². The van der Waals surface area contributed by atoms with E-state index in [1.54, 1.807) is 7.11 Å². The van der Waals surface area contributed by atoms with Gasteiger partial charge in [-0.2, -0.15) is 0 Å². The molecule has 0 heterocycles. The summed E-state index contributed by atoms with van der Waals surface area (Å²) >= 11 is 3.52. The van der Waals surface area contributed by atoms with Crippen LogP contribution in [0.15, 0.2) is 46.9 Å². The lowest BCUT2D eigenvalue weighted by molar-refractivity contribution is -0.124. The Hall–Kier alpha value is -2.05. The molecule has 2 aromatic rings. The third-order valence-corrected chi connectivity index (χ3v) is 4.24. The number of benzene rings is 2. The molecule has 0 fully saturated rings. The third kappa shape index (κ3) is 7.23. The predicted octanol–water partition coefficient (Wildman–Crippen LogP) is 4.04. The first-order valence-corrected chi connectivity index (χ1v) is 9.62. The highest BCUT2D eigenvalue weighted by atomic mass is 79.9. The van der Waals surface area contributed by atoms with Crippen molar-refractivity contribution in [1.82, 2.24) is 10.6 Å². The first kappa shape index (κ1) is 21.3. The summed E-state index contributed by atoms with van der Waals surface area (Å²) < 4.78 is 11.9. The third-order valence-electron chi connectivity index (χ3n) is 3.65. The van der Waals surface area contributed by atoms with E-state index >= 15 is 0 Å². The van der Waals surface area contributed by atoms with Crippen molar-refractivity contribution < 1.29 is 14.3 Å². The summed E-state index contributed by atoms with van der Waals surface area (Å²) in [6, 6.07) is 14.1. The monoisotopic (exact) mass is 434 g/mol. The van der Waals surface area contributed by atoms with Gasteiger partial charge >= 0.3 is 0 Å². The average Bonchev–Trinajstić information content (AvgIpc) is 2.59. The number of rotatable bonds is 8. The van der Waals surface area contributed by atoms with Gasteiger partial charge in [0.2, 0.25) is 0 Å². The number of halogens is 1. The van der Waals surface area contributed by atoms with Crippen LogP contribution in [0.3, 0.4) is 0 Å². The maximum Gasteiger partial charge on any atom is 0.258 e. The fraction of sp³-hybridized carbons (Fsp3) is 0.381. The lowest BCUT2D eigenvalue weighted by Gasteiger charge is -2.21. The van der Waals surface area contributed by atoms with Gasteiger partial charge < -0.3 is 20.1 Å². The topological polar surface area (TPSA) is 59.6 Å². The smallest absolute Gasteiger partial charge is 0.258 e. The molecule has 2 rings (SSSR count). The molecule has 2 N–H and O–H groups in total. The molecule has 0 saturated heterocycles. The minimum atomic E-state index is -0.296. The summed E-state index contributed by atoms with van der Waals surface area (Å²) in [5, 5.41) is 6.28. The maximum absolute atomic E-state index is 12.0. The Balaban J connectivity index is 1.98. The van der Waals surface area contributed by atoms with Crippen molar-refractivity contribution in [2.75, 3.05) is 13.7 Å². The zero-order valence-corrected chi connectivity index (χ0v) is 17.9. The molecule has 5 nitrogen and oxygen atoms in total. The molecular weight excluding hydrogens is 408 g/mol. The van der Waals surface area contributed by atoms with Gasteiger partial charge in [0.25, 0.3) is 5.91 Å². The molecule has 0 spiro atoms. The van der Waals surface area contributed by atoms with E-state index in [-0.39, 0.29) is 18.1 Å². The van der Waals surface area contributed by atoms with Gasteiger partial charge in [-0.15, -0.1) is 0 Å². The van der Waals surface area contributed by atoms with Gasteiger partial charge in [-0.05, 0) is 60.0 Å². The molecular formula is C21H27BrN2O3. The second kappa shape index (κ2) is 9.76. The van der Waals surface area contributed by atoms with Gasteiger partial charge in [0.05, 0.1) is 11.6 Å². The predicted molar refractivity (Wildman–Crippen MR) is 111 cm³/mol. The Morgan fingerprint density at radius 1 is 1.07 bits per heavy atom. The normalized spacial score (nSPS) is 11.1. The number of amides is 1. The maximum atomic E-state index is 12.0.